The first-order valence-electron chi connectivity index (χ1n) is 7.02. The fourth-order valence-corrected chi connectivity index (χ4v) is 2.17. The molecule has 112 valence electrons. The van der Waals surface area contributed by atoms with Gasteiger partial charge in [-0.3, -0.25) is 4.79 Å². The normalized spacial score (nSPS) is 12.1. The number of amides is 2. The quantitative estimate of drug-likeness (QED) is 0.635. The lowest BCUT2D eigenvalue weighted by Gasteiger charge is -2.29. The zero-order chi connectivity index (χ0) is 15.1. The molecule has 0 spiro atoms. The topological polar surface area (TPSA) is 78.4 Å². The lowest BCUT2D eigenvalue weighted by molar-refractivity contribution is -0.149. The maximum atomic E-state index is 11.8. The van der Waals surface area contributed by atoms with Crippen LogP contribution in [0.15, 0.2) is 0 Å². The third-order valence-corrected chi connectivity index (χ3v) is 3.72. The predicted octanol–water partition coefficient (Wildman–Crippen LogP) is 2.76. The Labute approximate surface area is 116 Å². The van der Waals surface area contributed by atoms with Gasteiger partial charge in [0.2, 0.25) is 0 Å². The number of carbonyl (C=O) groups is 2. The molecule has 0 aliphatic rings. The van der Waals surface area contributed by atoms with Crippen molar-refractivity contribution in [2.24, 2.45) is 5.41 Å². The molecule has 5 nitrogen and oxygen atoms in total. The van der Waals surface area contributed by atoms with E-state index in [1.165, 1.54) is 0 Å². The Morgan fingerprint density at radius 2 is 1.63 bits per heavy atom. The molecule has 0 unspecified atom stereocenters. The molecule has 0 atom stereocenters. The molecular formula is C14H28N2O3. The highest BCUT2D eigenvalue weighted by atomic mass is 16.4. The number of rotatable bonds is 8. The maximum absolute atomic E-state index is 11.8. The second kappa shape index (κ2) is 7.36. The van der Waals surface area contributed by atoms with Gasteiger partial charge in [0.1, 0.15) is 0 Å². The van der Waals surface area contributed by atoms with Crippen LogP contribution >= 0.6 is 0 Å². The van der Waals surface area contributed by atoms with Gasteiger partial charge in [-0.15, -0.1) is 0 Å². The van der Waals surface area contributed by atoms with E-state index in [1.54, 1.807) is 0 Å². The van der Waals surface area contributed by atoms with Crippen LogP contribution in [0.1, 0.15) is 60.3 Å². The van der Waals surface area contributed by atoms with Crippen molar-refractivity contribution < 1.29 is 14.7 Å². The number of nitrogens with one attached hydrogen (secondary N) is 2. The fourth-order valence-electron chi connectivity index (χ4n) is 2.17. The van der Waals surface area contributed by atoms with Crippen LogP contribution < -0.4 is 10.6 Å². The minimum absolute atomic E-state index is 0.156. The third kappa shape index (κ3) is 5.49. The van der Waals surface area contributed by atoms with E-state index in [4.69, 9.17) is 0 Å². The second-order valence-corrected chi connectivity index (χ2v) is 5.73. The summed E-state index contributed by atoms with van der Waals surface area (Å²) in [5.41, 5.74) is -1.14. The highest BCUT2D eigenvalue weighted by Gasteiger charge is 2.35. The number of aliphatic carboxylic acids is 1. The second-order valence-electron chi connectivity index (χ2n) is 5.73. The number of carboxylic acid groups (broad SMARTS) is 1. The predicted molar refractivity (Wildman–Crippen MR) is 76.2 cm³/mol. The van der Waals surface area contributed by atoms with Crippen molar-refractivity contribution in [3.05, 3.63) is 0 Å². The van der Waals surface area contributed by atoms with Crippen LogP contribution in [0.4, 0.5) is 4.79 Å². The van der Waals surface area contributed by atoms with Crippen molar-refractivity contribution in [1.29, 1.82) is 0 Å². The van der Waals surface area contributed by atoms with Crippen molar-refractivity contribution in [3.8, 4) is 0 Å². The molecule has 0 aromatic rings. The average molecular weight is 272 g/mol. The maximum Gasteiger partial charge on any atom is 0.315 e. The minimum Gasteiger partial charge on any atom is -0.481 e. The van der Waals surface area contributed by atoms with Gasteiger partial charge in [0.05, 0.1) is 5.41 Å². The molecule has 0 bridgehead atoms. The average Bonchev–Trinajstić information content (AvgIpc) is 2.29. The Bertz CT molecular complexity index is 310. The van der Waals surface area contributed by atoms with Crippen molar-refractivity contribution in [2.45, 2.75) is 65.8 Å². The van der Waals surface area contributed by atoms with E-state index in [9.17, 15) is 14.7 Å². The molecule has 3 N–H and O–H groups in total. The number of hydrogen-bond acceptors (Lipinski definition) is 2. The zero-order valence-electron chi connectivity index (χ0n) is 12.8. The first-order chi connectivity index (χ1) is 8.73. The largest absolute Gasteiger partial charge is 0.481 e. The Morgan fingerprint density at radius 3 is 2.00 bits per heavy atom. The molecular weight excluding hydrogens is 244 g/mol. The van der Waals surface area contributed by atoms with Crippen molar-refractivity contribution in [2.75, 3.05) is 6.54 Å². The molecule has 0 saturated carbocycles. The summed E-state index contributed by atoms with van der Waals surface area (Å²) >= 11 is 0. The molecule has 2 amide bonds. The molecule has 0 radical (unpaired) electrons. The van der Waals surface area contributed by atoms with E-state index < -0.39 is 11.4 Å². The molecule has 0 aliphatic carbocycles. The minimum atomic E-state index is -0.869. The molecule has 0 aromatic carbocycles. The molecule has 5 heteroatoms. The van der Waals surface area contributed by atoms with E-state index in [0.717, 1.165) is 12.8 Å². The van der Waals surface area contributed by atoms with Gasteiger partial charge in [0, 0.05) is 12.1 Å². The summed E-state index contributed by atoms with van der Waals surface area (Å²) in [6.07, 6.45) is 2.86. The summed E-state index contributed by atoms with van der Waals surface area (Å²) in [6, 6.07) is -0.300. The van der Waals surface area contributed by atoms with E-state index in [1.807, 2.05) is 27.7 Å². The van der Waals surface area contributed by atoms with Crippen LogP contribution in [0.5, 0.6) is 0 Å². The van der Waals surface area contributed by atoms with E-state index >= 15 is 0 Å². The summed E-state index contributed by atoms with van der Waals surface area (Å²) in [4.78, 5) is 23.1. The number of urea groups is 1. The van der Waals surface area contributed by atoms with Gasteiger partial charge in [-0.05, 0) is 33.1 Å². The summed E-state index contributed by atoms with van der Waals surface area (Å²) in [6.45, 7) is 9.80. The first kappa shape index (κ1) is 17.7. The fraction of sp³-hybridized carbons (Fsp3) is 0.857. The van der Waals surface area contributed by atoms with E-state index in [-0.39, 0.29) is 18.1 Å². The van der Waals surface area contributed by atoms with Crippen LogP contribution in [0, 0.1) is 5.41 Å². The van der Waals surface area contributed by atoms with Crippen LogP contribution in [-0.2, 0) is 4.79 Å². The lowest BCUT2D eigenvalue weighted by atomic mass is 9.82. The highest BCUT2D eigenvalue weighted by molar-refractivity contribution is 5.78. The van der Waals surface area contributed by atoms with Crippen LogP contribution in [-0.4, -0.2) is 29.2 Å². The Hall–Kier alpha value is -1.26. The van der Waals surface area contributed by atoms with E-state index in [0.29, 0.717) is 12.8 Å². The van der Waals surface area contributed by atoms with Gasteiger partial charge < -0.3 is 15.7 Å². The Morgan fingerprint density at radius 1 is 1.11 bits per heavy atom. The van der Waals surface area contributed by atoms with E-state index in [2.05, 4.69) is 17.6 Å². The number of carbonyl (C=O) groups excluding carboxylic acids is 1. The Kier molecular flexibility index (Phi) is 6.87. The zero-order valence-corrected chi connectivity index (χ0v) is 12.8. The standard InChI is InChI=1S/C14H28N2O3/c1-6-9-13(4,5)16-12(19)15-10-14(7-2,8-3)11(17)18/h6-10H2,1-5H3,(H,17,18)(H2,15,16,19). The molecule has 0 rings (SSSR count). The highest BCUT2D eigenvalue weighted by Crippen LogP contribution is 2.25. The monoisotopic (exact) mass is 272 g/mol. The van der Waals surface area contributed by atoms with Crippen molar-refractivity contribution in [3.63, 3.8) is 0 Å². The molecule has 19 heavy (non-hydrogen) atoms. The summed E-state index contributed by atoms with van der Waals surface area (Å²) in [7, 11) is 0. The lowest BCUT2D eigenvalue weighted by Crippen LogP contribution is -2.51. The van der Waals surface area contributed by atoms with Crippen LogP contribution in [0.25, 0.3) is 0 Å². The van der Waals surface area contributed by atoms with Gasteiger partial charge in [-0.25, -0.2) is 4.79 Å². The summed E-state index contributed by atoms with van der Waals surface area (Å²) in [5.74, 6) is -0.856. The molecule has 0 heterocycles. The molecule has 0 fully saturated rings. The van der Waals surface area contributed by atoms with Crippen LogP contribution in [0.3, 0.4) is 0 Å². The van der Waals surface area contributed by atoms with Gasteiger partial charge >= 0.3 is 12.0 Å². The molecule has 0 saturated heterocycles. The van der Waals surface area contributed by atoms with Gasteiger partial charge in [-0.1, -0.05) is 27.2 Å². The third-order valence-electron chi connectivity index (χ3n) is 3.72. The van der Waals surface area contributed by atoms with Gasteiger partial charge in [0.25, 0.3) is 0 Å². The van der Waals surface area contributed by atoms with Gasteiger partial charge in [-0.2, -0.15) is 0 Å². The summed E-state index contributed by atoms with van der Waals surface area (Å²) in [5, 5.41) is 14.8. The van der Waals surface area contributed by atoms with Gasteiger partial charge in [0.15, 0.2) is 0 Å². The number of hydrogen-bond donors (Lipinski definition) is 3. The SMILES string of the molecule is CCCC(C)(C)NC(=O)NCC(CC)(CC)C(=O)O. The van der Waals surface area contributed by atoms with Crippen molar-refractivity contribution >= 4 is 12.0 Å². The smallest absolute Gasteiger partial charge is 0.315 e. The molecule has 0 aromatic heterocycles. The summed E-state index contributed by atoms with van der Waals surface area (Å²) < 4.78 is 0. The Balaban J connectivity index is 4.46. The number of carboxylic acids is 1. The van der Waals surface area contributed by atoms with Crippen LogP contribution in [0.2, 0.25) is 0 Å². The molecule has 0 aliphatic heterocycles. The first-order valence-corrected chi connectivity index (χ1v) is 7.02. The van der Waals surface area contributed by atoms with Crippen molar-refractivity contribution in [1.82, 2.24) is 10.6 Å².